The number of hydrogen-bond donors (Lipinski definition) is 0. The van der Waals surface area contributed by atoms with Crippen molar-refractivity contribution in [1.29, 1.82) is 0 Å². The van der Waals surface area contributed by atoms with Crippen LogP contribution in [0.2, 0.25) is 0 Å². The zero-order valence-electron chi connectivity index (χ0n) is 12.1. The molecule has 1 unspecified atom stereocenters. The van der Waals surface area contributed by atoms with Gasteiger partial charge >= 0.3 is 5.97 Å². The number of carbonyl (C=O) groups is 2. The average molecular weight is 281 g/mol. The molecule has 0 aliphatic carbocycles. The lowest BCUT2D eigenvalue weighted by molar-refractivity contribution is -0.146. The number of amides is 1. The van der Waals surface area contributed by atoms with Gasteiger partial charge in [0.25, 0.3) is 0 Å². The normalized spacial score (nSPS) is 18.4. The minimum absolute atomic E-state index is 0.0136. The van der Waals surface area contributed by atoms with E-state index in [0.717, 1.165) is 19.4 Å². The molecule has 5 nitrogen and oxygen atoms in total. The van der Waals surface area contributed by atoms with Crippen LogP contribution in [-0.4, -0.2) is 49.7 Å². The largest absolute Gasteiger partial charge is 0.466 e. The first-order valence-electron chi connectivity index (χ1n) is 7.12. The van der Waals surface area contributed by atoms with Gasteiger partial charge in [0.15, 0.2) is 0 Å². The average Bonchev–Trinajstić information content (AvgIpc) is 2.46. The van der Waals surface area contributed by atoms with Crippen molar-refractivity contribution in [2.24, 2.45) is 5.92 Å². The third-order valence-electron chi connectivity index (χ3n) is 3.26. The van der Waals surface area contributed by atoms with Crippen molar-refractivity contribution in [1.82, 2.24) is 4.90 Å². The second-order valence-corrected chi connectivity index (χ2v) is 4.87. The number of rotatable bonds is 7. The summed E-state index contributed by atoms with van der Waals surface area (Å²) >= 11 is 0. The van der Waals surface area contributed by atoms with Crippen LogP contribution in [0.5, 0.6) is 0 Å². The lowest BCUT2D eigenvalue weighted by atomic mass is 9.98. The Balaban J connectivity index is 2.29. The van der Waals surface area contributed by atoms with Crippen molar-refractivity contribution in [3.8, 4) is 12.3 Å². The fourth-order valence-electron chi connectivity index (χ4n) is 2.31. The summed E-state index contributed by atoms with van der Waals surface area (Å²) in [6.45, 7) is 4.45. The van der Waals surface area contributed by atoms with Gasteiger partial charge in [-0.1, -0.05) is 5.92 Å². The molecule has 0 N–H and O–H groups in total. The van der Waals surface area contributed by atoms with E-state index in [9.17, 15) is 9.59 Å². The van der Waals surface area contributed by atoms with E-state index >= 15 is 0 Å². The summed E-state index contributed by atoms with van der Waals surface area (Å²) in [6, 6.07) is 0. The Morgan fingerprint density at radius 3 is 2.90 bits per heavy atom. The minimum atomic E-state index is -0.313. The van der Waals surface area contributed by atoms with E-state index in [1.165, 1.54) is 0 Å². The maximum atomic E-state index is 12.0. The van der Waals surface area contributed by atoms with Crippen molar-refractivity contribution < 1.29 is 19.1 Å². The van der Waals surface area contributed by atoms with Crippen molar-refractivity contribution in [3.05, 3.63) is 0 Å². The Hall–Kier alpha value is -1.54. The summed E-state index contributed by atoms with van der Waals surface area (Å²) in [6.07, 6.45) is 7.52. The molecule has 1 fully saturated rings. The van der Waals surface area contributed by atoms with Gasteiger partial charge in [-0.3, -0.25) is 9.59 Å². The standard InChI is InChI=1S/C15H23NO4/c1-3-10-19-12-13-6-5-9-16(11-13)14(17)7-8-15(18)20-4-2/h1,13H,4-12H2,2H3. The molecular formula is C15H23NO4. The van der Waals surface area contributed by atoms with Gasteiger partial charge in [0, 0.05) is 19.5 Å². The Kier molecular flexibility index (Phi) is 7.74. The highest BCUT2D eigenvalue weighted by Gasteiger charge is 2.24. The highest BCUT2D eigenvalue weighted by molar-refractivity contribution is 5.81. The van der Waals surface area contributed by atoms with Crippen LogP contribution in [0.15, 0.2) is 0 Å². The van der Waals surface area contributed by atoms with Crippen LogP contribution < -0.4 is 0 Å². The molecule has 1 amide bonds. The van der Waals surface area contributed by atoms with E-state index in [4.69, 9.17) is 15.9 Å². The number of piperidine rings is 1. The first-order valence-corrected chi connectivity index (χ1v) is 7.12. The smallest absolute Gasteiger partial charge is 0.306 e. The zero-order chi connectivity index (χ0) is 14.8. The maximum absolute atomic E-state index is 12.0. The molecule has 112 valence electrons. The van der Waals surface area contributed by atoms with Crippen LogP contribution in [0.4, 0.5) is 0 Å². The highest BCUT2D eigenvalue weighted by atomic mass is 16.5. The Labute approximate surface area is 120 Å². The molecule has 5 heteroatoms. The molecule has 1 aliphatic rings. The predicted octanol–water partition coefficient (Wildman–Crippen LogP) is 1.22. The fourth-order valence-corrected chi connectivity index (χ4v) is 2.31. The van der Waals surface area contributed by atoms with E-state index in [0.29, 0.717) is 32.3 Å². The molecule has 1 aliphatic heterocycles. The second kappa shape index (κ2) is 9.38. The number of esters is 1. The number of likely N-dealkylation sites (tertiary alicyclic amines) is 1. The number of terminal acetylenes is 1. The van der Waals surface area contributed by atoms with E-state index in [1.54, 1.807) is 6.92 Å². The van der Waals surface area contributed by atoms with Crippen molar-refractivity contribution in [2.75, 3.05) is 32.9 Å². The van der Waals surface area contributed by atoms with Crippen LogP contribution >= 0.6 is 0 Å². The summed E-state index contributed by atoms with van der Waals surface area (Å²) < 4.78 is 10.2. The third kappa shape index (κ3) is 6.07. The number of ether oxygens (including phenoxy) is 2. The van der Waals surface area contributed by atoms with Crippen LogP contribution in [-0.2, 0) is 19.1 Å². The molecule has 0 radical (unpaired) electrons. The summed E-state index contributed by atoms with van der Waals surface area (Å²) in [4.78, 5) is 25.1. The van der Waals surface area contributed by atoms with Gasteiger partial charge in [-0.05, 0) is 25.7 Å². The Bertz CT molecular complexity index is 361. The predicted molar refractivity (Wildman–Crippen MR) is 74.8 cm³/mol. The summed E-state index contributed by atoms with van der Waals surface area (Å²) in [5.41, 5.74) is 0. The van der Waals surface area contributed by atoms with Crippen molar-refractivity contribution in [3.63, 3.8) is 0 Å². The van der Waals surface area contributed by atoms with Gasteiger partial charge in [-0.15, -0.1) is 6.42 Å². The maximum Gasteiger partial charge on any atom is 0.306 e. The van der Waals surface area contributed by atoms with E-state index in [1.807, 2.05) is 4.90 Å². The lowest BCUT2D eigenvalue weighted by Crippen LogP contribution is -2.41. The molecule has 0 aromatic carbocycles. The highest BCUT2D eigenvalue weighted by Crippen LogP contribution is 2.18. The molecule has 1 rings (SSSR count). The van der Waals surface area contributed by atoms with Crippen LogP contribution in [0.3, 0.4) is 0 Å². The van der Waals surface area contributed by atoms with Gasteiger partial charge in [-0.2, -0.15) is 0 Å². The van der Waals surface area contributed by atoms with Crippen molar-refractivity contribution >= 4 is 11.9 Å². The number of hydrogen-bond acceptors (Lipinski definition) is 4. The van der Waals surface area contributed by atoms with Crippen LogP contribution in [0.25, 0.3) is 0 Å². The molecule has 20 heavy (non-hydrogen) atoms. The lowest BCUT2D eigenvalue weighted by Gasteiger charge is -2.32. The molecule has 0 saturated carbocycles. The molecule has 0 aromatic heterocycles. The van der Waals surface area contributed by atoms with Gasteiger partial charge in [0.2, 0.25) is 5.91 Å². The molecule has 0 spiro atoms. The third-order valence-corrected chi connectivity index (χ3v) is 3.26. The first-order chi connectivity index (χ1) is 9.67. The van der Waals surface area contributed by atoms with Crippen molar-refractivity contribution in [2.45, 2.75) is 32.6 Å². The van der Waals surface area contributed by atoms with Gasteiger partial charge in [0.1, 0.15) is 6.61 Å². The Morgan fingerprint density at radius 2 is 2.20 bits per heavy atom. The zero-order valence-corrected chi connectivity index (χ0v) is 12.1. The van der Waals surface area contributed by atoms with Crippen LogP contribution in [0.1, 0.15) is 32.6 Å². The minimum Gasteiger partial charge on any atom is -0.466 e. The summed E-state index contributed by atoms with van der Waals surface area (Å²) in [5, 5.41) is 0. The van der Waals surface area contributed by atoms with E-state index in [-0.39, 0.29) is 24.7 Å². The first kappa shape index (κ1) is 16.5. The number of nitrogens with zero attached hydrogens (tertiary/aromatic N) is 1. The topological polar surface area (TPSA) is 55.8 Å². The summed E-state index contributed by atoms with van der Waals surface area (Å²) in [5.74, 6) is 2.47. The Morgan fingerprint density at radius 1 is 1.40 bits per heavy atom. The SMILES string of the molecule is C#CCOCC1CCCN(C(=O)CCC(=O)OCC)C1. The van der Waals surface area contributed by atoms with E-state index < -0.39 is 0 Å². The molecule has 1 saturated heterocycles. The molecule has 1 atom stereocenters. The molecular weight excluding hydrogens is 258 g/mol. The summed E-state index contributed by atoms with van der Waals surface area (Å²) in [7, 11) is 0. The number of carbonyl (C=O) groups excluding carboxylic acids is 2. The fraction of sp³-hybridized carbons (Fsp3) is 0.733. The monoisotopic (exact) mass is 281 g/mol. The van der Waals surface area contributed by atoms with Crippen LogP contribution in [0, 0.1) is 18.3 Å². The quantitative estimate of drug-likeness (QED) is 0.400. The van der Waals surface area contributed by atoms with Gasteiger partial charge < -0.3 is 14.4 Å². The second-order valence-electron chi connectivity index (χ2n) is 4.87. The van der Waals surface area contributed by atoms with E-state index in [2.05, 4.69) is 5.92 Å². The molecule has 0 bridgehead atoms. The molecule has 1 heterocycles. The van der Waals surface area contributed by atoms with Gasteiger partial charge in [-0.25, -0.2) is 0 Å². The van der Waals surface area contributed by atoms with Gasteiger partial charge in [0.05, 0.1) is 19.6 Å². The molecule has 0 aromatic rings.